The van der Waals surface area contributed by atoms with E-state index in [0.717, 1.165) is 41.7 Å². The SMILES string of the molecule is CC(O)CC(C)O.CC(O)CC(C)O.CC(O)CC(C)O.CC(O)CC(C)O.Cc1c(F)c(F)[c-]c(-c2nnc(-c3cc(F)c(F)c(C)c3F)o2)c1F.Fc1[c-]c(-c2nnc(-c3cc(F)c(F)cc3F)o2)c(F)cc1F.Fc1c(F)c(F)c(-c2nnc(-c3[c-]cccc3)o2)c(F)c1F.[Ir].[Ir].[Ir].[Ir].[c-]1cc(-c2ccccc2)ccc1-c1nnc(-c2ccc(-c3ccccc3)cc2)o1. The first-order chi connectivity index (χ1) is 60.0. The molecule has 0 saturated heterocycles. The van der Waals surface area contributed by atoms with Gasteiger partial charge in [0, 0.05) is 109 Å². The van der Waals surface area contributed by atoms with E-state index >= 15 is 0 Å². The van der Waals surface area contributed by atoms with Crippen LogP contribution in [0, 0.1) is 137 Å². The van der Waals surface area contributed by atoms with Crippen molar-refractivity contribution in [3.8, 4) is 114 Å². The molecule has 8 unspecified atom stereocenters. The number of aliphatic hydroxyl groups is 8. The van der Waals surface area contributed by atoms with E-state index in [-0.39, 0.29) is 147 Å². The van der Waals surface area contributed by atoms with Crippen LogP contribution in [0.15, 0.2) is 169 Å². The smallest absolute Gasteiger partial charge is 0.243 e. The van der Waals surface area contributed by atoms with Gasteiger partial charge in [-0.25, -0.2) is 57.1 Å². The average molecular weight is 2560 g/mol. The van der Waals surface area contributed by atoms with Gasteiger partial charge in [0.15, 0.2) is 70.1 Å². The summed E-state index contributed by atoms with van der Waals surface area (Å²) in [5.74, 6) is -29.2. The summed E-state index contributed by atoms with van der Waals surface area (Å²) in [6.07, 6.45) is -1.11. The monoisotopic (exact) mass is 2560 g/mol. The molecule has 0 saturated carbocycles. The second-order valence-electron chi connectivity index (χ2n) is 28.0. The Kier molecular flexibility index (Phi) is 48.1. The molecule has 0 aliphatic heterocycles. The molecule has 41 heteroatoms. The summed E-state index contributed by atoms with van der Waals surface area (Å²) in [6.45, 7) is 15.3. The van der Waals surface area contributed by atoms with Gasteiger partial charge in [0.25, 0.3) is 0 Å². The molecule has 0 aliphatic carbocycles. The molecule has 10 aromatic carbocycles. The zero-order chi connectivity index (χ0) is 94.0. The summed E-state index contributed by atoms with van der Waals surface area (Å²) in [5.41, 5.74) is 1.55. The molecular weight excluding hydrogens is 2480 g/mol. The summed E-state index contributed by atoms with van der Waals surface area (Å²) in [4.78, 5) is 0. The first kappa shape index (κ1) is 115. The molecule has 14 aromatic rings. The molecule has 0 amide bonds. The normalized spacial score (nSPS) is 12.3. The van der Waals surface area contributed by atoms with Crippen molar-refractivity contribution in [3.05, 3.63) is 286 Å². The van der Waals surface area contributed by atoms with Crippen LogP contribution in [0.4, 0.5) is 74.6 Å². The van der Waals surface area contributed by atoms with E-state index in [9.17, 15) is 74.6 Å². The number of aliphatic hydroxyl groups excluding tert-OH is 8. The summed E-state index contributed by atoms with van der Waals surface area (Å²) in [6, 6.07) is 51.8. The number of hydrogen-bond donors (Lipinski definition) is 8. The molecule has 131 heavy (non-hydrogen) atoms. The van der Waals surface area contributed by atoms with E-state index in [0.29, 0.717) is 55.2 Å². The van der Waals surface area contributed by atoms with Gasteiger partial charge in [-0.1, -0.05) is 126 Å². The largest absolute Gasteiger partial charge is 0.464 e. The summed E-state index contributed by atoms with van der Waals surface area (Å²) < 4.78 is 248. The van der Waals surface area contributed by atoms with Crippen molar-refractivity contribution < 1.29 is 214 Å². The van der Waals surface area contributed by atoms with E-state index in [1.165, 1.54) is 17.7 Å². The molecule has 0 fully saturated rings. The third-order valence-corrected chi connectivity index (χ3v) is 16.7. The van der Waals surface area contributed by atoms with Crippen LogP contribution >= 0.6 is 0 Å². The van der Waals surface area contributed by atoms with Gasteiger partial charge in [0.1, 0.15) is 17.2 Å². The molecule has 14 rings (SSSR count). The number of hydrogen-bond acceptors (Lipinski definition) is 20. The van der Waals surface area contributed by atoms with Gasteiger partial charge in [0.05, 0.1) is 83.2 Å². The van der Waals surface area contributed by atoms with Gasteiger partial charge < -0.3 is 58.5 Å². The number of nitrogens with zero attached hydrogens (tertiary/aromatic N) is 8. The topological polar surface area (TPSA) is 318 Å². The maximum Gasteiger partial charge on any atom is 0.243 e. The number of benzene rings is 10. The Bertz CT molecular complexity index is 5520. The van der Waals surface area contributed by atoms with Gasteiger partial charge in [-0.15, -0.1) is 75.0 Å². The van der Waals surface area contributed by atoms with Crippen molar-refractivity contribution in [2.45, 2.75) is 144 Å². The van der Waals surface area contributed by atoms with Gasteiger partial charge in [-0.3, -0.25) is 17.6 Å². The van der Waals surface area contributed by atoms with E-state index < -0.39 is 167 Å². The Morgan fingerprint density at radius 3 is 1.08 bits per heavy atom. The fraction of sp³-hybridized carbons (Fsp3) is 0.244. The minimum absolute atomic E-state index is 0. The van der Waals surface area contributed by atoms with E-state index in [4.69, 9.17) is 58.5 Å². The predicted molar refractivity (Wildman–Crippen MR) is 428 cm³/mol. The third kappa shape index (κ3) is 33.8. The first-order valence-electron chi connectivity index (χ1n) is 37.9. The average Bonchev–Trinajstić information content (AvgIpc) is 1.76. The van der Waals surface area contributed by atoms with Crippen LogP contribution in [0.3, 0.4) is 0 Å². The molecule has 0 bridgehead atoms. The van der Waals surface area contributed by atoms with Crippen LogP contribution in [0.5, 0.6) is 0 Å². The maximum absolute atomic E-state index is 14.1. The predicted octanol–water partition coefficient (Wildman–Crippen LogP) is 19.7. The fourth-order valence-corrected chi connectivity index (χ4v) is 10.9. The van der Waals surface area contributed by atoms with E-state index in [1.807, 2.05) is 66.7 Å². The number of rotatable bonds is 18. The molecule has 8 N–H and O–H groups in total. The zero-order valence-electron chi connectivity index (χ0n) is 69.9. The molecule has 20 nitrogen and oxygen atoms in total. The van der Waals surface area contributed by atoms with Crippen LogP contribution in [0.1, 0.15) is 92.2 Å². The Morgan fingerprint density at radius 1 is 0.275 bits per heavy atom. The number of halogens is 17. The Labute approximate surface area is 792 Å². The van der Waals surface area contributed by atoms with Crippen molar-refractivity contribution in [3.63, 3.8) is 0 Å². The van der Waals surface area contributed by atoms with Crippen molar-refractivity contribution in [1.29, 1.82) is 0 Å². The van der Waals surface area contributed by atoms with Gasteiger partial charge >= 0.3 is 0 Å². The summed E-state index contributed by atoms with van der Waals surface area (Å²) >= 11 is 0. The Balaban J connectivity index is 0.000000407. The van der Waals surface area contributed by atoms with Crippen molar-refractivity contribution in [2.75, 3.05) is 0 Å². The zero-order valence-corrected chi connectivity index (χ0v) is 79.5. The summed E-state index contributed by atoms with van der Waals surface area (Å²) in [5, 5.41) is 97.2. The number of aromatic nitrogens is 8. The quantitative estimate of drug-likeness (QED) is 0.0171. The van der Waals surface area contributed by atoms with Gasteiger partial charge in [-0.2, -0.15) is 20.4 Å². The third-order valence-electron chi connectivity index (χ3n) is 16.7. The molecule has 4 aromatic heterocycles. The van der Waals surface area contributed by atoms with Crippen LogP contribution in [-0.4, -0.2) is 130 Å². The van der Waals surface area contributed by atoms with Crippen molar-refractivity contribution >= 4 is 0 Å². The van der Waals surface area contributed by atoms with Crippen molar-refractivity contribution in [2.24, 2.45) is 0 Å². The summed E-state index contributed by atoms with van der Waals surface area (Å²) in [7, 11) is 0. The van der Waals surface area contributed by atoms with Crippen LogP contribution in [-0.2, 0) is 80.4 Å². The van der Waals surface area contributed by atoms with Crippen LogP contribution in [0.2, 0.25) is 0 Å². The molecule has 4 heterocycles. The minimum atomic E-state index is -2.25. The maximum atomic E-state index is 14.1. The molecule has 0 spiro atoms. The van der Waals surface area contributed by atoms with E-state index in [2.05, 4.69) is 89.3 Å². The Hall–Kier alpha value is -10.2. The molecular formula is C90H79F17Ir4N8O12-4. The Morgan fingerprint density at radius 2 is 0.626 bits per heavy atom. The standard InChI is InChI=1S/C26H17N2O.C16H7F6N2O.C14H3F6N2O.C14H4F5N2O.4C5H12O2.4Ir/c1-3-7-19(8-4-1)21-11-15-23(16-12-21)25-27-28-26(29-25)24-17-13-22(14-18-24)20-9-5-2-6-10-20;1-5-11(19)7(3-9(17)13(5)21)15-23-24-16(25-15)8-4-10(18)14(22)6(2)12(8)20;15-7-3-11(19)9(17)1-5(7)13-21-22-14(23-13)6-2-10(18)12(20)4-8(6)16;15-8-7(9(16)11(18)12(19)10(8)17)14-21-20-13(22-14)6-4-2-1-3-5-6;4*1-4(6)3-5(2)7;;;;/h1-17H;3H,1-2H3;1,3-4H;1-4H;4*4-7H,3H2,1-2H3;;;;/q4*-1;;;;;;;;. The van der Waals surface area contributed by atoms with E-state index in [1.54, 1.807) is 79.7 Å². The molecule has 4 radical (unpaired) electrons. The van der Waals surface area contributed by atoms with Crippen molar-refractivity contribution in [1.82, 2.24) is 40.8 Å². The fourth-order valence-electron chi connectivity index (χ4n) is 10.9. The second kappa shape index (κ2) is 54.7. The van der Waals surface area contributed by atoms with Gasteiger partial charge in [0.2, 0.25) is 29.4 Å². The molecule has 8 atom stereocenters. The van der Waals surface area contributed by atoms with Gasteiger partial charge in [-0.05, 0) is 135 Å². The first-order valence-corrected chi connectivity index (χ1v) is 37.9. The van der Waals surface area contributed by atoms with Crippen LogP contribution in [0.25, 0.3) is 114 Å². The second-order valence-corrected chi connectivity index (χ2v) is 28.0. The molecule has 0 aliphatic rings. The molecule has 710 valence electrons. The van der Waals surface area contributed by atoms with Crippen LogP contribution < -0.4 is 0 Å². The minimum Gasteiger partial charge on any atom is -0.464 e.